The van der Waals surface area contributed by atoms with Gasteiger partial charge in [0.1, 0.15) is 0 Å². The first kappa shape index (κ1) is 48.3. The fraction of sp³-hybridized carbons (Fsp3) is 0.0750. The Balaban J connectivity index is 0.818. The van der Waals surface area contributed by atoms with Crippen molar-refractivity contribution in [2.45, 2.75) is 38.5 Å². The predicted octanol–water partition coefficient (Wildman–Crippen LogP) is 21.7. The normalized spacial score (nSPS) is 13.7. The van der Waals surface area contributed by atoms with E-state index in [0.717, 1.165) is 34.1 Å². The molecule has 0 N–H and O–H groups in total. The molecule has 17 rings (SSSR count). The summed E-state index contributed by atoms with van der Waals surface area (Å²) in [7, 11) is 0. The first-order valence-electron chi connectivity index (χ1n) is 29.4. The summed E-state index contributed by atoms with van der Waals surface area (Å²) in [6.07, 6.45) is 0. The van der Waals surface area contributed by atoms with Crippen LogP contribution in [0, 0.1) is 0 Å². The average Bonchev–Trinajstić information content (AvgIpc) is 4.42. The molecule has 0 unspecified atom stereocenters. The van der Waals surface area contributed by atoms with Gasteiger partial charge in [-0.1, -0.05) is 210 Å². The largest absolute Gasteiger partial charge is 0.309 e. The molecule has 0 saturated carbocycles. The number of anilines is 6. The highest BCUT2D eigenvalue weighted by Gasteiger charge is 2.39. The van der Waals surface area contributed by atoms with E-state index in [1.165, 1.54) is 121 Å². The van der Waals surface area contributed by atoms with E-state index in [9.17, 15) is 0 Å². The average molecular weight is 1080 g/mol. The summed E-state index contributed by atoms with van der Waals surface area (Å²) in [6, 6.07) is 104. The minimum atomic E-state index is -0.289. The van der Waals surface area contributed by atoms with E-state index in [0.29, 0.717) is 0 Å². The third kappa shape index (κ3) is 6.88. The number of rotatable bonds is 8. The molecule has 0 fully saturated rings. The quantitative estimate of drug-likeness (QED) is 0.111. The molecule has 0 bridgehead atoms. The minimum absolute atomic E-state index is 0.289. The summed E-state index contributed by atoms with van der Waals surface area (Å²) in [5, 5.41) is 9.75. The molecule has 2 heterocycles. The third-order valence-corrected chi connectivity index (χ3v) is 18.8. The maximum Gasteiger partial charge on any atom is 0.0619 e. The minimum Gasteiger partial charge on any atom is -0.309 e. The second-order valence-electron chi connectivity index (χ2n) is 24.0. The van der Waals surface area contributed by atoms with Crippen molar-refractivity contribution in [1.82, 2.24) is 9.13 Å². The standard InChI is InChI=1S/C80H58N4/c1-79(2)69-47-53(39-43-57(69)59-45-41-55(49-71(59)79)83-73-35-19-15-27-61(73)62-28-16-20-36-74(62)83)81(51-23-7-5-8-24-51)77-65-31-11-13-33-67(65)78(68-34-14-12-32-66(68)77)82(52-25-9-6-10-26-52)54-40-44-58-60-46-42-56(50-72(60)80(3,4)70(58)48-54)84-75-37-21-17-29-63(75)64-30-18-22-38-76(64)84/h5-50H,1-4H3. The number of benzene rings is 13. The lowest BCUT2D eigenvalue weighted by molar-refractivity contribution is 0.660. The Morgan fingerprint density at radius 1 is 0.238 bits per heavy atom. The van der Waals surface area contributed by atoms with Gasteiger partial charge in [-0.15, -0.1) is 0 Å². The number of nitrogens with zero attached hydrogens (tertiary/aromatic N) is 4. The first-order valence-corrected chi connectivity index (χ1v) is 29.4. The lowest BCUT2D eigenvalue weighted by atomic mass is 9.82. The Labute approximate surface area is 489 Å². The molecular formula is C80H58N4. The number of para-hydroxylation sites is 6. The van der Waals surface area contributed by atoms with Crippen molar-refractivity contribution in [2.24, 2.45) is 0 Å². The summed E-state index contributed by atoms with van der Waals surface area (Å²) in [5.41, 5.74) is 23.9. The van der Waals surface area contributed by atoms with E-state index in [2.05, 4.69) is 326 Å². The van der Waals surface area contributed by atoms with Gasteiger partial charge in [0, 0.05) is 88.0 Å². The van der Waals surface area contributed by atoms with E-state index in [1.54, 1.807) is 0 Å². The molecular weight excluding hydrogens is 1020 g/mol. The van der Waals surface area contributed by atoms with Crippen LogP contribution in [0.2, 0.25) is 0 Å². The number of hydrogen-bond acceptors (Lipinski definition) is 2. The van der Waals surface area contributed by atoms with Crippen LogP contribution >= 0.6 is 0 Å². The van der Waals surface area contributed by atoms with Gasteiger partial charge in [-0.2, -0.15) is 0 Å². The SMILES string of the molecule is CC1(C)c2cc(N(c3ccccc3)c3c4ccccc4c(N(c4ccccc4)c4ccc5c(c4)C(C)(C)c4cc(-n6c7ccccc7c7ccccc76)ccc4-5)c4ccccc34)ccc2-c2ccc(-n3c4ccccc4c4ccccc43)cc21. The van der Waals surface area contributed by atoms with Gasteiger partial charge in [-0.25, -0.2) is 0 Å². The van der Waals surface area contributed by atoms with Crippen LogP contribution in [0.3, 0.4) is 0 Å². The zero-order valence-electron chi connectivity index (χ0n) is 47.3. The third-order valence-electron chi connectivity index (χ3n) is 18.8. The van der Waals surface area contributed by atoms with E-state index >= 15 is 0 Å². The maximum atomic E-state index is 2.52. The van der Waals surface area contributed by atoms with E-state index in [4.69, 9.17) is 0 Å². The highest BCUT2D eigenvalue weighted by molar-refractivity contribution is 6.23. The van der Waals surface area contributed by atoms with Gasteiger partial charge >= 0.3 is 0 Å². The molecule has 4 nitrogen and oxygen atoms in total. The monoisotopic (exact) mass is 1070 g/mol. The molecule has 0 amide bonds. The molecule has 2 aliphatic rings. The van der Waals surface area contributed by atoms with Gasteiger partial charge in [0.05, 0.1) is 33.4 Å². The summed E-state index contributed by atoms with van der Waals surface area (Å²) >= 11 is 0. The Kier molecular flexibility index (Phi) is 10.4. The van der Waals surface area contributed by atoms with Crippen molar-refractivity contribution in [3.05, 3.63) is 301 Å². The van der Waals surface area contributed by atoms with Crippen LogP contribution in [-0.2, 0) is 10.8 Å². The molecule has 84 heavy (non-hydrogen) atoms. The van der Waals surface area contributed by atoms with Crippen molar-refractivity contribution in [3.8, 4) is 33.6 Å². The zero-order chi connectivity index (χ0) is 56.0. The molecule has 2 aromatic heterocycles. The van der Waals surface area contributed by atoms with Gasteiger partial charge in [0.15, 0.2) is 0 Å². The molecule has 0 aliphatic heterocycles. The van der Waals surface area contributed by atoms with Crippen LogP contribution in [0.1, 0.15) is 49.9 Å². The Hall–Kier alpha value is -10.4. The smallest absolute Gasteiger partial charge is 0.0619 e. The highest BCUT2D eigenvalue weighted by Crippen LogP contribution is 2.57. The van der Waals surface area contributed by atoms with Crippen LogP contribution in [0.5, 0.6) is 0 Å². The zero-order valence-corrected chi connectivity index (χ0v) is 47.3. The molecule has 4 heteroatoms. The van der Waals surface area contributed by atoms with Gasteiger partial charge in [0.2, 0.25) is 0 Å². The topological polar surface area (TPSA) is 16.3 Å². The lowest BCUT2D eigenvalue weighted by Gasteiger charge is -2.34. The molecule has 13 aromatic carbocycles. The summed E-state index contributed by atoms with van der Waals surface area (Å²) < 4.78 is 4.89. The van der Waals surface area contributed by atoms with Crippen LogP contribution in [0.25, 0.3) is 98.8 Å². The van der Waals surface area contributed by atoms with Crippen molar-refractivity contribution in [1.29, 1.82) is 0 Å². The molecule has 0 saturated heterocycles. The fourth-order valence-electron chi connectivity index (χ4n) is 14.9. The molecule has 398 valence electrons. The number of aromatic nitrogens is 2. The van der Waals surface area contributed by atoms with Crippen LogP contribution < -0.4 is 9.80 Å². The van der Waals surface area contributed by atoms with Crippen molar-refractivity contribution in [3.63, 3.8) is 0 Å². The van der Waals surface area contributed by atoms with Crippen LogP contribution in [0.15, 0.2) is 279 Å². The molecule has 0 atom stereocenters. The second kappa shape index (κ2) is 18.0. The van der Waals surface area contributed by atoms with E-state index < -0.39 is 0 Å². The Bertz CT molecular complexity index is 4720. The molecule has 0 radical (unpaired) electrons. The summed E-state index contributed by atoms with van der Waals surface area (Å²) in [5.74, 6) is 0. The van der Waals surface area contributed by atoms with E-state index in [-0.39, 0.29) is 10.8 Å². The van der Waals surface area contributed by atoms with Crippen LogP contribution in [0.4, 0.5) is 34.1 Å². The van der Waals surface area contributed by atoms with Crippen molar-refractivity contribution >= 4 is 99.3 Å². The summed E-state index contributed by atoms with van der Waals surface area (Å²) in [4.78, 5) is 5.04. The van der Waals surface area contributed by atoms with Gasteiger partial charge in [0.25, 0.3) is 0 Å². The van der Waals surface area contributed by atoms with Gasteiger partial charge in [-0.05, 0) is 142 Å². The first-order chi connectivity index (χ1) is 41.2. The van der Waals surface area contributed by atoms with Gasteiger partial charge in [-0.3, -0.25) is 0 Å². The Morgan fingerprint density at radius 3 is 0.821 bits per heavy atom. The Morgan fingerprint density at radius 2 is 0.500 bits per heavy atom. The van der Waals surface area contributed by atoms with Crippen LogP contribution in [-0.4, -0.2) is 9.13 Å². The summed E-state index contributed by atoms with van der Waals surface area (Å²) in [6.45, 7) is 9.63. The molecule has 0 spiro atoms. The number of fused-ring (bicyclic) bond motifs is 14. The maximum absolute atomic E-state index is 2.52. The van der Waals surface area contributed by atoms with Crippen molar-refractivity contribution < 1.29 is 0 Å². The molecule has 15 aromatic rings. The lowest BCUT2D eigenvalue weighted by Crippen LogP contribution is -2.18. The van der Waals surface area contributed by atoms with E-state index in [1.807, 2.05) is 0 Å². The highest BCUT2D eigenvalue weighted by atomic mass is 15.2. The van der Waals surface area contributed by atoms with Gasteiger partial charge < -0.3 is 18.9 Å². The molecule has 2 aliphatic carbocycles. The number of hydrogen-bond donors (Lipinski definition) is 0. The van der Waals surface area contributed by atoms with Crippen molar-refractivity contribution in [2.75, 3.05) is 9.80 Å². The fourth-order valence-corrected chi connectivity index (χ4v) is 14.9. The second-order valence-corrected chi connectivity index (χ2v) is 24.0. The predicted molar refractivity (Wildman–Crippen MR) is 355 cm³/mol.